The quantitative estimate of drug-likeness (QED) is 0.823. The predicted octanol–water partition coefficient (Wildman–Crippen LogP) is 2.63. The second-order valence-corrected chi connectivity index (χ2v) is 5.10. The van der Waals surface area contributed by atoms with Crippen LogP contribution in [0.5, 0.6) is 0 Å². The number of benzene rings is 1. The number of rotatable bonds is 7. The molecule has 7 heteroatoms. The van der Waals surface area contributed by atoms with Crippen LogP contribution in [0.15, 0.2) is 36.7 Å². The summed E-state index contributed by atoms with van der Waals surface area (Å²) in [6, 6.07) is 7.40. The Morgan fingerprint density at radius 3 is 2.87 bits per heavy atom. The number of nitrogens with one attached hydrogen (secondary N) is 2. The molecule has 7 nitrogen and oxygen atoms in total. The standard InChI is InChI=1S/C16H23N5O2/c1-4-20(2)15-8-6-5-7-14(15)19-16(22)18-13-11-17-21(12-13)9-10-23-3/h5-8,11-12H,4,9-10H2,1-3H3,(H2,18,19,22). The molecule has 124 valence electrons. The van der Waals surface area contributed by atoms with Crippen LogP contribution in [0.1, 0.15) is 6.92 Å². The number of ether oxygens (including phenoxy) is 1. The molecule has 2 rings (SSSR count). The Bertz CT molecular complexity index is 641. The Balaban J connectivity index is 1.98. The lowest BCUT2D eigenvalue weighted by Crippen LogP contribution is -2.22. The number of aromatic nitrogens is 2. The van der Waals surface area contributed by atoms with E-state index in [4.69, 9.17) is 4.74 Å². The van der Waals surface area contributed by atoms with Crippen molar-refractivity contribution in [3.8, 4) is 0 Å². The van der Waals surface area contributed by atoms with Crippen LogP contribution in [0.2, 0.25) is 0 Å². The van der Waals surface area contributed by atoms with E-state index in [2.05, 4.69) is 27.6 Å². The highest BCUT2D eigenvalue weighted by Crippen LogP contribution is 2.24. The molecule has 0 fully saturated rings. The fraction of sp³-hybridized carbons (Fsp3) is 0.375. The Morgan fingerprint density at radius 2 is 2.13 bits per heavy atom. The molecule has 0 saturated carbocycles. The van der Waals surface area contributed by atoms with E-state index in [1.54, 1.807) is 24.2 Å². The lowest BCUT2D eigenvalue weighted by atomic mass is 10.2. The van der Waals surface area contributed by atoms with Crippen molar-refractivity contribution < 1.29 is 9.53 Å². The van der Waals surface area contributed by atoms with E-state index in [1.807, 2.05) is 31.3 Å². The number of hydrogen-bond donors (Lipinski definition) is 2. The maximum atomic E-state index is 12.2. The van der Waals surface area contributed by atoms with Gasteiger partial charge >= 0.3 is 6.03 Å². The van der Waals surface area contributed by atoms with E-state index in [9.17, 15) is 4.79 Å². The highest BCUT2D eigenvalue weighted by atomic mass is 16.5. The third-order valence-electron chi connectivity index (χ3n) is 3.45. The van der Waals surface area contributed by atoms with Gasteiger partial charge in [-0.25, -0.2) is 4.79 Å². The van der Waals surface area contributed by atoms with Gasteiger partial charge in [-0.3, -0.25) is 4.68 Å². The molecule has 1 aromatic heterocycles. The summed E-state index contributed by atoms with van der Waals surface area (Å²) in [7, 11) is 3.62. The van der Waals surface area contributed by atoms with E-state index in [1.165, 1.54) is 0 Å². The Morgan fingerprint density at radius 1 is 1.35 bits per heavy atom. The summed E-state index contributed by atoms with van der Waals surface area (Å²) >= 11 is 0. The topological polar surface area (TPSA) is 71.4 Å². The second kappa shape index (κ2) is 8.19. The Hall–Kier alpha value is -2.54. The maximum Gasteiger partial charge on any atom is 0.323 e. The summed E-state index contributed by atoms with van der Waals surface area (Å²) in [5, 5.41) is 9.81. The fourth-order valence-corrected chi connectivity index (χ4v) is 2.10. The number of urea groups is 1. The van der Waals surface area contributed by atoms with Gasteiger partial charge in [0.2, 0.25) is 0 Å². The monoisotopic (exact) mass is 317 g/mol. The largest absolute Gasteiger partial charge is 0.383 e. The highest BCUT2D eigenvalue weighted by molar-refractivity contribution is 6.01. The molecule has 0 radical (unpaired) electrons. The zero-order chi connectivity index (χ0) is 16.7. The molecule has 1 aromatic carbocycles. The van der Waals surface area contributed by atoms with Gasteiger partial charge in [0, 0.05) is 26.9 Å². The summed E-state index contributed by atoms with van der Waals surface area (Å²) in [4.78, 5) is 14.2. The fourth-order valence-electron chi connectivity index (χ4n) is 2.10. The van der Waals surface area contributed by atoms with Crippen LogP contribution in [0, 0.1) is 0 Å². The molecule has 0 saturated heterocycles. The summed E-state index contributed by atoms with van der Waals surface area (Å²) < 4.78 is 6.72. The minimum absolute atomic E-state index is 0.298. The molecular formula is C16H23N5O2. The van der Waals surface area contributed by atoms with Crippen LogP contribution in [-0.4, -0.2) is 43.1 Å². The van der Waals surface area contributed by atoms with Crippen LogP contribution in [0.25, 0.3) is 0 Å². The number of anilines is 3. The summed E-state index contributed by atoms with van der Waals surface area (Å²) in [6.45, 7) is 4.13. The molecule has 0 aliphatic carbocycles. The minimum Gasteiger partial charge on any atom is -0.383 e. The van der Waals surface area contributed by atoms with Crippen molar-refractivity contribution in [2.24, 2.45) is 0 Å². The molecule has 23 heavy (non-hydrogen) atoms. The van der Waals surface area contributed by atoms with E-state index in [-0.39, 0.29) is 6.03 Å². The average molecular weight is 317 g/mol. The molecule has 0 bridgehead atoms. The van der Waals surface area contributed by atoms with Crippen molar-refractivity contribution in [1.29, 1.82) is 0 Å². The van der Waals surface area contributed by atoms with Crippen molar-refractivity contribution in [1.82, 2.24) is 9.78 Å². The zero-order valence-corrected chi connectivity index (χ0v) is 13.7. The second-order valence-electron chi connectivity index (χ2n) is 5.10. The molecule has 0 atom stereocenters. The number of amides is 2. The van der Waals surface area contributed by atoms with Gasteiger partial charge in [-0.05, 0) is 19.1 Å². The SMILES string of the molecule is CCN(C)c1ccccc1NC(=O)Nc1cnn(CCOC)c1. The number of para-hydroxylation sites is 2. The van der Waals surface area contributed by atoms with Gasteiger partial charge < -0.3 is 20.3 Å². The number of hydrogen-bond acceptors (Lipinski definition) is 4. The minimum atomic E-state index is -0.298. The summed E-state index contributed by atoms with van der Waals surface area (Å²) in [6.07, 6.45) is 3.38. The molecule has 2 N–H and O–H groups in total. The number of methoxy groups -OCH3 is 1. The van der Waals surface area contributed by atoms with Gasteiger partial charge in [0.05, 0.1) is 36.4 Å². The Kier molecular flexibility index (Phi) is 5.99. The first-order valence-corrected chi connectivity index (χ1v) is 7.53. The van der Waals surface area contributed by atoms with Crippen molar-refractivity contribution >= 4 is 23.1 Å². The predicted molar refractivity (Wildman–Crippen MR) is 92.1 cm³/mol. The van der Waals surface area contributed by atoms with Crippen molar-refractivity contribution in [2.45, 2.75) is 13.5 Å². The lowest BCUT2D eigenvalue weighted by Gasteiger charge is -2.20. The van der Waals surface area contributed by atoms with E-state index < -0.39 is 0 Å². The van der Waals surface area contributed by atoms with E-state index in [0.717, 1.165) is 17.9 Å². The molecule has 0 aliphatic rings. The van der Waals surface area contributed by atoms with E-state index >= 15 is 0 Å². The molecule has 0 aliphatic heterocycles. The van der Waals surface area contributed by atoms with Gasteiger partial charge in [0.15, 0.2) is 0 Å². The van der Waals surface area contributed by atoms with Crippen molar-refractivity contribution in [3.63, 3.8) is 0 Å². The highest BCUT2D eigenvalue weighted by Gasteiger charge is 2.09. The maximum absolute atomic E-state index is 12.2. The summed E-state index contributed by atoms with van der Waals surface area (Å²) in [5.41, 5.74) is 2.38. The van der Waals surface area contributed by atoms with Gasteiger partial charge in [0.25, 0.3) is 0 Å². The van der Waals surface area contributed by atoms with E-state index in [0.29, 0.717) is 18.8 Å². The first kappa shape index (κ1) is 16.8. The molecular weight excluding hydrogens is 294 g/mol. The molecule has 1 heterocycles. The summed E-state index contributed by atoms with van der Waals surface area (Å²) in [5.74, 6) is 0. The third-order valence-corrected chi connectivity index (χ3v) is 3.45. The Labute approximate surface area is 136 Å². The van der Waals surface area contributed by atoms with Crippen molar-refractivity contribution in [2.75, 3.05) is 42.8 Å². The van der Waals surface area contributed by atoms with Crippen LogP contribution < -0.4 is 15.5 Å². The van der Waals surface area contributed by atoms with Gasteiger partial charge in [-0.1, -0.05) is 12.1 Å². The molecule has 0 spiro atoms. The lowest BCUT2D eigenvalue weighted by molar-refractivity contribution is 0.183. The van der Waals surface area contributed by atoms with Crippen LogP contribution in [0.4, 0.5) is 21.9 Å². The normalized spacial score (nSPS) is 10.4. The molecule has 0 unspecified atom stereocenters. The van der Waals surface area contributed by atoms with Gasteiger partial charge in [-0.15, -0.1) is 0 Å². The number of carbonyl (C=O) groups excluding carboxylic acids is 1. The molecule has 2 aromatic rings. The van der Waals surface area contributed by atoms with Crippen LogP contribution in [0.3, 0.4) is 0 Å². The van der Waals surface area contributed by atoms with Crippen LogP contribution in [-0.2, 0) is 11.3 Å². The number of nitrogens with zero attached hydrogens (tertiary/aromatic N) is 3. The first-order valence-electron chi connectivity index (χ1n) is 7.53. The smallest absolute Gasteiger partial charge is 0.323 e. The van der Waals surface area contributed by atoms with Gasteiger partial charge in [-0.2, -0.15) is 5.10 Å². The average Bonchev–Trinajstić information content (AvgIpc) is 2.99. The zero-order valence-electron chi connectivity index (χ0n) is 13.7. The first-order chi connectivity index (χ1) is 11.1. The van der Waals surface area contributed by atoms with Crippen LogP contribution >= 0.6 is 0 Å². The third kappa shape index (κ3) is 4.72. The number of carbonyl (C=O) groups is 1. The molecule has 2 amide bonds. The van der Waals surface area contributed by atoms with Crippen molar-refractivity contribution in [3.05, 3.63) is 36.7 Å². The van der Waals surface area contributed by atoms with Gasteiger partial charge in [0.1, 0.15) is 0 Å².